The third-order valence-electron chi connectivity index (χ3n) is 2.45. The monoisotopic (exact) mass is 310 g/mol. The molecule has 0 unspecified atom stereocenters. The Morgan fingerprint density at radius 2 is 2.10 bits per heavy atom. The lowest BCUT2D eigenvalue weighted by Gasteiger charge is -2.05. The molecule has 0 saturated heterocycles. The minimum absolute atomic E-state index is 0.0445. The van der Waals surface area contributed by atoms with Gasteiger partial charge in [-0.05, 0) is 25.1 Å². The Bertz CT molecular complexity index is 718. The number of aromatic nitrogens is 2. The molecule has 2 rings (SSSR count). The van der Waals surface area contributed by atoms with Crippen molar-refractivity contribution in [3.8, 4) is 0 Å². The van der Waals surface area contributed by atoms with Crippen molar-refractivity contribution in [2.45, 2.75) is 6.92 Å². The molecule has 0 aliphatic heterocycles. The Kier molecular flexibility index (Phi) is 4.08. The molecule has 9 heteroatoms. The van der Waals surface area contributed by atoms with Crippen LogP contribution in [0.25, 0.3) is 0 Å². The van der Waals surface area contributed by atoms with Gasteiger partial charge in [-0.25, -0.2) is 9.97 Å². The topological polar surface area (TPSA) is 98.0 Å². The fraction of sp³-hybridized carbons (Fsp3) is 0.0833. The quantitative estimate of drug-likeness (QED) is 0.534. The average Bonchev–Trinajstić information content (AvgIpc) is 2.37. The van der Waals surface area contributed by atoms with Crippen LogP contribution in [0.15, 0.2) is 24.3 Å². The van der Waals surface area contributed by atoms with E-state index in [-0.39, 0.29) is 16.7 Å². The molecule has 108 valence electrons. The Morgan fingerprint density at radius 3 is 2.71 bits per heavy atom. The highest BCUT2D eigenvalue weighted by molar-refractivity contribution is 6.29. The van der Waals surface area contributed by atoms with E-state index in [1.54, 1.807) is 6.92 Å². The Labute approximate surface area is 122 Å². The van der Waals surface area contributed by atoms with Gasteiger partial charge in [-0.15, -0.1) is 0 Å². The van der Waals surface area contributed by atoms with Crippen LogP contribution in [0.2, 0.25) is 5.15 Å². The molecule has 1 heterocycles. The van der Waals surface area contributed by atoms with Crippen LogP contribution in [0.5, 0.6) is 0 Å². The zero-order valence-electron chi connectivity index (χ0n) is 10.6. The number of carbonyl (C=O) groups is 1. The van der Waals surface area contributed by atoms with Crippen molar-refractivity contribution in [2.75, 3.05) is 5.32 Å². The Balaban J connectivity index is 2.28. The lowest BCUT2D eigenvalue weighted by molar-refractivity contribution is -0.387. The van der Waals surface area contributed by atoms with Gasteiger partial charge in [0.1, 0.15) is 5.15 Å². The minimum atomic E-state index is -1.02. The summed E-state index contributed by atoms with van der Waals surface area (Å²) in [4.78, 5) is 29.4. The average molecular weight is 311 g/mol. The van der Waals surface area contributed by atoms with Gasteiger partial charge in [0.2, 0.25) is 11.8 Å². The number of halogens is 2. The van der Waals surface area contributed by atoms with Gasteiger partial charge in [0.05, 0.1) is 4.92 Å². The number of nitro benzene ring substituents is 1. The van der Waals surface area contributed by atoms with Gasteiger partial charge in [0.15, 0.2) is 0 Å². The molecule has 1 amide bonds. The summed E-state index contributed by atoms with van der Waals surface area (Å²) in [6.07, 6.45) is 0. The molecule has 2 aromatic rings. The zero-order chi connectivity index (χ0) is 15.6. The summed E-state index contributed by atoms with van der Waals surface area (Å²) in [5.74, 6) is -1.77. The first kappa shape index (κ1) is 14.8. The van der Waals surface area contributed by atoms with Crippen LogP contribution < -0.4 is 5.32 Å². The Hall–Kier alpha value is -2.61. The second kappa shape index (κ2) is 5.80. The molecule has 0 fully saturated rings. The molecule has 0 atom stereocenters. The largest absolute Gasteiger partial charge is 0.305 e. The fourth-order valence-corrected chi connectivity index (χ4v) is 1.79. The summed E-state index contributed by atoms with van der Waals surface area (Å²) in [5.41, 5.74) is -0.342. The van der Waals surface area contributed by atoms with Gasteiger partial charge in [-0.1, -0.05) is 11.6 Å². The van der Waals surface area contributed by atoms with Crippen LogP contribution in [0, 0.1) is 22.9 Å². The third-order valence-corrected chi connectivity index (χ3v) is 2.65. The van der Waals surface area contributed by atoms with Crippen molar-refractivity contribution in [3.63, 3.8) is 0 Å². The van der Waals surface area contributed by atoms with Crippen molar-refractivity contribution in [1.82, 2.24) is 9.97 Å². The van der Waals surface area contributed by atoms with Crippen molar-refractivity contribution in [3.05, 3.63) is 56.6 Å². The van der Waals surface area contributed by atoms with Crippen molar-refractivity contribution < 1.29 is 14.1 Å². The zero-order valence-corrected chi connectivity index (χ0v) is 11.4. The van der Waals surface area contributed by atoms with Gasteiger partial charge in [-0.2, -0.15) is 4.39 Å². The van der Waals surface area contributed by atoms with E-state index in [0.717, 1.165) is 18.2 Å². The number of hydrogen-bond acceptors (Lipinski definition) is 5. The SMILES string of the molecule is Cc1cc(Cl)nc(NC(=O)c2ccc(F)c([N+](=O)[O-])c2)n1. The third kappa shape index (κ3) is 3.48. The van der Waals surface area contributed by atoms with Crippen LogP contribution in [-0.4, -0.2) is 20.8 Å². The summed E-state index contributed by atoms with van der Waals surface area (Å²) < 4.78 is 13.2. The molecule has 1 aromatic carbocycles. The molecular weight excluding hydrogens is 303 g/mol. The maximum absolute atomic E-state index is 13.2. The number of carbonyl (C=O) groups excluding carboxylic acids is 1. The molecule has 1 N–H and O–H groups in total. The van der Waals surface area contributed by atoms with E-state index in [2.05, 4.69) is 15.3 Å². The highest BCUT2D eigenvalue weighted by atomic mass is 35.5. The lowest BCUT2D eigenvalue weighted by Crippen LogP contribution is -2.15. The number of amides is 1. The first-order chi connectivity index (χ1) is 9.86. The number of rotatable bonds is 3. The first-order valence-electron chi connectivity index (χ1n) is 5.63. The minimum Gasteiger partial charge on any atom is -0.290 e. The number of nitrogens with one attached hydrogen (secondary N) is 1. The van der Waals surface area contributed by atoms with E-state index in [1.807, 2.05) is 0 Å². The van der Waals surface area contributed by atoms with Crippen LogP contribution in [0.3, 0.4) is 0 Å². The summed E-state index contributed by atoms with van der Waals surface area (Å²) in [5, 5.41) is 13.1. The van der Waals surface area contributed by atoms with Crippen molar-refractivity contribution in [2.24, 2.45) is 0 Å². The van der Waals surface area contributed by atoms with Gasteiger partial charge in [0, 0.05) is 17.3 Å². The highest BCUT2D eigenvalue weighted by Gasteiger charge is 2.18. The van der Waals surface area contributed by atoms with E-state index in [9.17, 15) is 19.3 Å². The molecule has 21 heavy (non-hydrogen) atoms. The summed E-state index contributed by atoms with van der Waals surface area (Å²) in [7, 11) is 0. The van der Waals surface area contributed by atoms with E-state index in [0.29, 0.717) is 5.69 Å². The van der Waals surface area contributed by atoms with E-state index in [4.69, 9.17) is 11.6 Å². The number of nitrogens with zero attached hydrogens (tertiary/aromatic N) is 3. The molecule has 0 spiro atoms. The number of hydrogen-bond donors (Lipinski definition) is 1. The number of aryl methyl sites for hydroxylation is 1. The van der Waals surface area contributed by atoms with E-state index in [1.165, 1.54) is 6.07 Å². The second-order valence-electron chi connectivity index (χ2n) is 4.03. The van der Waals surface area contributed by atoms with Crippen LogP contribution in [0.1, 0.15) is 16.1 Å². The molecule has 1 aromatic heterocycles. The van der Waals surface area contributed by atoms with Gasteiger partial charge in [0.25, 0.3) is 5.91 Å². The van der Waals surface area contributed by atoms with Gasteiger partial charge >= 0.3 is 5.69 Å². The summed E-state index contributed by atoms with van der Waals surface area (Å²) in [6.45, 7) is 1.66. The molecule has 0 aliphatic rings. The maximum atomic E-state index is 13.2. The molecular formula is C12H8ClFN4O3. The summed E-state index contributed by atoms with van der Waals surface area (Å²) >= 11 is 5.73. The van der Waals surface area contributed by atoms with Crippen LogP contribution in [0.4, 0.5) is 16.0 Å². The molecule has 0 bridgehead atoms. The molecule has 0 aliphatic carbocycles. The van der Waals surface area contributed by atoms with Crippen molar-refractivity contribution in [1.29, 1.82) is 0 Å². The smallest absolute Gasteiger partial charge is 0.290 e. The van der Waals surface area contributed by atoms with Gasteiger partial charge < -0.3 is 0 Å². The fourth-order valence-electron chi connectivity index (χ4n) is 1.55. The maximum Gasteiger partial charge on any atom is 0.305 e. The lowest BCUT2D eigenvalue weighted by atomic mass is 10.2. The normalized spacial score (nSPS) is 10.2. The molecule has 0 radical (unpaired) electrons. The second-order valence-corrected chi connectivity index (χ2v) is 4.42. The predicted octanol–water partition coefficient (Wildman–Crippen LogP) is 2.74. The molecule has 0 saturated carbocycles. The number of anilines is 1. The molecule has 7 nitrogen and oxygen atoms in total. The Morgan fingerprint density at radius 1 is 1.38 bits per heavy atom. The predicted molar refractivity (Wildman–Crippen MR) is 72.8 cm³/mol. The van der Waals surface area contributed by atoms with Gasteiger partial charge in [-0.3, -0.25) is 20.2 Å². The van der Waals surface area contributed by atoms with Crippen LogP contribution >= 0.6 is 11.6 Å². The first-order valence-corrected chi connectivity index (χ1v) is 6.01. The van der Waals surface area contributed by atoms with Crippen molar-refractivity contribution >= 4 is 29.1 Å². The number of benzene rings is 1. The van der Waals surface area contributed by atoms with Crippen LogP contribution in [-0.2, 0) is 0 Å². The van der Waals surface area contributed by atoms with E-state index >= 15 is 0 Å². The van der Waals surface area contributed by atoms with E-state index < -0.39 is 22.3 Å². The number of nitro groups is 1. The summed E-state index contributed by atoms with van der Waals surface area (Å²) in [6, 6.07) is 4.30. The highest BCUT2D eigenvalue weighted by Crippen LogP contribution is 2.19. The standard InChI is InChI=1S/C12H8ClFN4O3/c1-6-4-10(13)16-12(15-6)17-11(19)7-2-3-8(14)9(5-7)18(20)21/h2-5H,1H3,(H,15,16,17,19).